The Bertz CT molecular complexity index is 30.7. The van der Waals surface area contributed by atoms with E-state index in [0.717, 1.165) is 10.7 Å². The van der Waals surface area contributed by atoms with Gasteiger partial charge in [-0.2, -0.15) is 0 Å². The van der Waals surface area contributed by atoms with Crippen LogP contribution in [0.1, 0.15) is 0 Å². The third-order valence-corrected chi connectivity index (χ3v) is 0. The molecule has 6 nitrogen and oxygen atoms in total. The molecule has 0 saturated heterocycles. The van der Waals surface area contributed by atoms with E-state index in [2.05, 4.69) is 0 Å². The predicted molar refractivity (Wildman–Crippen MR) is 18.3 cm³/mol. The zero-order valence-electron chi connectivity index (χ0n) is 2.83. The topological polar surface area (TPSA) is 105 Å². The van der Waals surface area contributed by atoms with E-state index in [1.54, 1.807) is 0 Å². The maximum Gasteiger partial charge on any atom is 0 e. The number of hydrogen-bond donors (Lipinski definition) is 0. The molecule has 7 heavy (non-hydrogen) atoms. The van der Waals surface area contributed by atoms with Crippen LogP contribution in [-0.2, 0) is 22.4 Å². The fourth-order valence-electron chi connectivity index (χ4n) is 0. The van der Waals surface area contributed by atoms with Crippen molar-refractivity contribution >= 4 is 0 Å². The third kappa shape index (κ3) is 329. The van der Waals surface area contributed by atoms with Crippen LogP contribution in [0, 0.1) is 20.2 Å². The predicted octanol–water partition coefficient (Wildman–Crippen LogP) is 0.499. The van der Waals surface area contributed by atoms with Gasteiger partial charge in [0.25, 0.3) is 0 Å². The maximum absolute atomic E-state index is 8.00. The SMILES string of the molecule is O=N[O-].O=N[O-].[Au]. The van der Waals surface area contributed by atoms with Gasteiger partial charge in [-0.1, -0.05) is 0 Å². The fraction of sp³-hybridized carbons (Fsp3) is 0. The molecule has 47 valence electrons. The fourth-order valence-corrected chi connectivity index (χ4v) is 0. The van der Waals surface area contributed by atoms with Crippen LogP contribution in [0.15, 0.2) is 10.7 Å². The van der Waals surface area contributed by atoms with Crippen molar-refractivity contribution in [2.45, 2.75) is 0 Å². The Labute approximate surface area is 53.9 Å². The molecule has 0 aromatic heterocycles. The molecule has 0 atom stereocenters. The van der Waals surface area contributed by atoms with E-state index in [0.29, 0.717) is 0 Å². The largest absolute Gasteiger partial charge is 0.444 e. The first-order chi connectivity index (χ1) is 2.83. The maximum atomic E-state index is 8.00. The number of rotatable bonds is 0. The van der Waals surface area contributed by atoms with E-state index >= 15 is 0 Å². The van der Waals surface area contributed by atoms with E-state index in [1.165, 1.54) is 0 Å². The minimum Gasteiger partial charge on any atom is -0.444 e. The van der Waals surface area contributed by atoms with Crippen LogP contribution in [0.5, 0.6) is 0 Å². The summed E-state index contributed by atoms with van der Waals surface area (Å²) < 4.78 is 0. The molecule has 0 aromatic carbocycles. The summed E-state index contributed by atoms with van der Waals surface area (Å²) in [7, 11) is 0. The van der Waals surface area contributed by atoms with Crippen molar-refractivity contribution in [3.8, 4) is 0 Å². The van der Waals surface area contributed by atoms with Gasteiger partial charge in [0.05, 0.1) is 0 Å². The Hall–Kier alpha value is -0.460. The Morgan fingerprint density at radius 1 is 1.00 bits per heavy atom. The summed E-state index contributed by atoms with van der Waals surface area (Å²) >= 11 is 0. The molecule has 0 rings (SSSR count). The van der Waals surface area contributed by atoms with Gasteiger partial charge in [-0.05, 0) is 0 Å². The van der Waals surface area contributed by atoms with Gasteiger partial charge < -0.3 is 20.2 Å². The van der Waals surface area contributed by atoms with Gasteiger partial charge in [0, 0.05) is 22.4 Å². The van der Waals surface area contributed by atoms with Crippen LogP contribution in [0.4, 0.5) is 0 Å². The number of hydrogen-bond acceptors (Lipinski definition) is 6. The third-order valence-electron chi connectivity index (χ3n) is 0. The minimum atomic E-state index is 0. The molecule has 0 fully saturated rings. The van der Waals surface area contributed by atoms with E-state index in [9.17, 15) is 0 Å². The molecule has 0 aliphatic heterocycles. The molecule has 0 heterocycles. The van der Waals surface area contributed by atoms with Gasteiger partial charge in [-0.15, -0.1) is 10.7 Å². The quantitative estimate of drug-likeness (QED) is 0.367. The Morgan fingerprint density at radius 2 is 1.00 bits per heavy atom. The summed E-state index contributed by atoms with van der Waals surface area (Å²) in [4.78, 5) is 16.0. The van der Waals surface area contributed by atoms with Crippen LogP contribution >= 0.6 is 0 Å². The van der Waals surface area contributed by atoms with Crippen LogP contribution < -0.4 is 0 Å². The molecule has 0 saturated carbocycles. The van der Waals surface area contributed by atoms with Gasteiger partial charge in [-0.3, -0.25) is 0 Å². The first-order valence-corrected chi connectivity index (χ1v) is 0.730. The van der Waals surface area contributed by atoms with Crippen molar-refractivity contribution in [1.29, 1.82) is 0 Å². The average molecular weight is 289 g/mol. The second-order valence-corrected chi connectivity index (χ2v) is 0.149. The molecule has 0 bridgehead atoms. The van der Waals surface area contributed by atoms with Crippen molar-refractivity contribution < 1.29 is 22.4 Å². The Morgan fingerprint density at radius 3 is 1.00 bits per heavy atom. The van der Waals surface area contributed by atoms with Crippen LogP contribution in [0.3, 0.4) is 0 Å². The van der Waals surface area contributed by atoms with Gasteiger partial charge in [0.2, 0.25) is 0 Å². The first kappa shape index (κ1) is 16.0. The van der Waals surface area contributed by atoms with Gasteiger partial charge in [0.15, 0.2) is 0 Å². The summed E-state index contributed by atoms with van der Waals surface area (Å²) in [6, 6.07) is 0. The molecule has 0 amide bonds. The second kappa shape index (κ2) is 48.1. The zero-order chi connectivity index (χ0) is 5.41. The van der Waals surface area contributed by atoms with E-state index in [4.69, 9.17) is 20.2 Å². The van der Waals surface area contributed by atoms with Crippen molar-refractivity contribution in [2.75, 3.05) is 0 Å². The smallest absolute Gasteiger partial charge is 0 e. The average Bonchev–Trinajstić information content (AvgIpc) is 1.39. The first-order valence-electron chi connectivity index (χ1n) is 0.730. The zero-order valence-corrected chi connectivity index (χ0v) is 5.00. The molecule has 0 spiro atoms. The minimum absolute atomic E-state index is 0. The van der Waals surface area contributed by atoms with Crippen molar-refractivity contribution in [3.05, 3.63) is 20.2 Å². The van der Waals surface area contributed by atoms with Gasteiger partial charge in [0.1, 0.15) is 0 Å². The van der Waals surface area contributed by atoms with Crippen molar-refractivity contribution in [2.24, 2.45) is 10.7 Å². The second-order valence-electron chi connectivity index (χ2n) is 0.149. The molecular formula is AuN2O4-2. The summed E-state index contributed by atoms with van der Waals surface area (Å²) in [5.74, 6) is 0. The molecule has 1 radical (unpaired) electrons. The van der Waals surface area contributed by atoms with E-state index in [1.807, 2.05) is 0 Å². The summed E-state index contributed by atoms with van der Waals surface area (Å²) in [6.45, 7) is 0. The van der Waals surface area contributed by atoms with Gasteiger partial charge >= 0.3 is 0 Å². The molecule has 0 aliphatic carbocycles. The monoisotopic (exact) mass is 289 g/mol. The van der Waals surface area contributed by atoms with Crippen LogP contribution in [-0.4, -0.2) is 0 Å². The Balaban J connectivity index is -0.0000000400. The molecule has 0 unspecified atom stereocenters. The molecule has 0 aliphatic rings. The molecule has 0 N–H and O–H groups in total. The summed E-state index contributed by atoms with van der Waals surface area (Å²) in [5, 5.41) is 18.0. The standard InChI is InChI=1S/Au.2HNO2/c;2*2-1-3/h;2*(H,2,3)/p-2. The molecular weight excluding hydrogens is 289 g/mol. The van der Waals surface area contributed by atoms with E-state index < -0.39 is 0 Å². The summed E-state index contributed by atoms with van der Waals surface area (Å²) in [6.07, 6.45) is 0. The number of nitrogens with zero attached hydrogens (tertiary/aromatic N) is 2. The summed E-state index contributed by atoms with van der Waals surface area (Å²) in [5.41, 5.74) is 0. The molecule has 7 heteroatoms. The van der Waals surface area contributed by atoms with E-state index in [-0.39, 0.29) is 22.4 Å². The molecule has 0 aromatic rings. The van der Waals surface area contributed by atoms with Crippen LogP contribution in [0.25, 0.3) is 0 Å². The van der Waals surface area contributed by atoms with Crippen molar-refractivity contribution in [1.82, 2.24) is 0 Å². The normalized spacial score (nSPS) is 3.43. The van der Waals surface area contributed by atoms with Crippen LogP contribution in [0.2, 0.25) is 0 Å². The Kier molecular flexibility index (Phi) is 110. The van der Waals surface area contributed by atoms with Crippen molar-refractivity contribution in [3.63, 3.8) is 0 Å². The van der Waals surface area contributed by atoms with Gasteiger partial charge in [-0.25, -0.2) is 0 Å².